The Hall–Kier alpha value is -3.85. The molecule has 0 spiro atoms. The van der Waals surface area contributed by atoms with Gasteiger partial charge in [0.1, 0.15) is 11.5 Å². The van der Waals surface area contributed by atoms with Crippen LogP contribution in [0.25, 0.3) is 10.1 Å². The Morgan fingerprint density at radius 2 is 1.58 bits per heavy atom. The lowest BCUT2D eigenvalue weighted by atomic mass is 10.2. The molecule has 0 saturated heterocycles. The van der Waals surface area contributed by atoms with Gasteiger partial charge in [-0.2, -0.15) is 0 Å². The van der Waals surface area contributed by atoms with Crippen molar-refractivity contribution in [2.75, 3.05) is 15.9 Å². The number of thiophene rings is 1. The zero-order chi connectivity index (χ0) is 26.7. The summed E-state index contributed by atoms with van der Waals surface area (Å²) in [6.45, 7) is 0.170. The SMILES string of the molecule is CS(=O)(=O)N(Cc1ccc(Cl)cc1)c1ccc2sc(C(=O)Nc3ccc(Oc4ccccc4)cc3)cc2c1. The van der Waals surface area contributed by atoms with E-state index in [1.54, 1.807) is 66.7 Å². The highest BCUT2D eigenvalue weighted by atomic mass is 35.5. The van der Waals surface area contributed by atoms with Crippen LogP contribution in [0.5, 0.6) is 11.5 Å². The molecule has 0 radical (unpaired) electrons. The molecule has 0 saturated carbocycles. The quantitative estimate of drug-likeness (QED) is 0.212. The fourth-order valence-electron chi connectivity index (χ4n) is 3.88. The number of hydrogen-bond donors (Lipinski definition) is 1. The van der Waals surface area contributed by atoms with Crippen LogP contribution >= 0.6 is 22.9 Å². The molecule has 4 aromatic carbocycles. The zero-order valence-electron chi connectivity index (χ0n) is 20.3. The molecule has 9 heteroatoms. The van der Waals surface area contributed by atoms with Gasteiger partial charge in [-0.15, -0.1) is 11.3 Å². The third-order valence-corrected chi connectivity index (χ3v) is 8.25. The van der Waals surface area contributed by atoms with Crippen molar-refractivity contribution in [1.82, 2.24) is 0 Å². The highest BCUT2D eigenvalue weighted by Crippen LogP contribution is 2.32. The molecule has 6 nitrogen and oxygen atoms in total. The average molecular weight is 563 g/mol. The summed E-state index contributed by atoms with van der Waals surface area (Å²) in [5.41, 5.74) is 1.97. The number of hydrogen-bond acceptors (Lipinski definition) is 5. The van der Waals surface area contributed by atoms with Crippen LogP contribution < -0.4 is 14.4 Å². The number of anilines is 2. The van der Waals surface area contributed by atoms with Crippen LogP contribution in [0.4, 0.5) is 11.4 Å². The summed E-state index contributed by atoms with van der Waals surface area (Å²) < 4.78 is 33.2. The normalized spacial score (nSPS) is 11.3. The number of sulfonamides is 1. The summed E-state index contributed by atoms with van der Waals surface area (Å²) in [6.07, 6.45) is 1.18. The van der Waals surface area contributed by atoms with E-state index in [4.69, 9.17) is 16.3 Å². The highest BCUT2D eigenvalue weighted by Gasteiger charge is 2.19. The summed E-state index contributed by atoms with van der Waals surface area (Å²) in [4.78, 5) is 13.5. The van der Waals surface area contributed by atoms with Gasteiger partial charge in [-0.1, -0.05) is 41.9 Å². The molecular formula is C29H23ClN2O4S2. The first-order valence-corrected chi connectivity index (χ1v) is 14.7. The van der Waals surface area contributed by atoms with E-state index in [0.717, 1.165) is 21.4 Å². The van der Waals surface area contributed by atoms with Gasteiger partial charge in [0.15, 0.2) is 0 Å². The molecule has 1 heterocycles. The number of rotatable bonds is 8. The van der Waals surface area contributed by atoms with E-state index in [0.29, 0.717) is 27.0 Å². The Balaban J connectivity index is 1.32. The van der Waals surface area contributed by atoms with Crippen LogP contribution in [-0.4, -0.2) is 20.6 Å². The molecule has 5 rings (SSSR count). The molecule has 38 heavy (non-hydrogen) atoms. The number of benzene rings is 4. The maximum atomic E-state index is 13.0. The third kappa shape index (κ3) is 6.16. The highest BCUT2D eigenvalue weighted by molar-refractivity contribution is 7.92. The molecule has 0 unspecified atom stereocenters. The Morgan fingerprint density at radius 1 is 0.895 bits per heavy atom. The van der Waals surface area contributed by atoms with Crippen LogP contribution in [0, 0.1) is 0 Å². The molecule has 5 aromatic rings. The molecular weight excluding hydrogens is 540 g/mol. The second kappa shape index (κ2) is 10.9. The summed E-state index contributed by atoms with van der Waals surface area (Å²) in [5, 5.41) is 4.28. The number of nitrogens with zero attached hydrogens (tertiary/aromatic N) is 1. The number of halogens is 1. The number of amides is 1. The van der Waals surface area contributed by atoms with Crippen molar-refractivity contribution in [3.63, 3.8) is 0 Å². The summed E-state index contributed by atoms with van der Waals surface area (Å²) in [7, 11) is -3.55. The monoisotopic (exact) mass is 562 g/mol. The van der Waals surface area contributed by atoms with E-state index in [1.807, 2.05) is 36.4 Å². The van der Waals surface area contributed by atoms with Crippen molar-refractivity contribution >= 4 is 60.3 Å². The first kappa shape index (κ1) is 25.8. The fraction of sp³-hybridized carbons (Fsp3) is 0.0690. The van der Waals surface area contributed by atoms with Crippen LogP contribution in [0.1, 0.15) is 15.2 Å². The Kier molecular flexibility index (Phi) is 7.37. The van der Waals surface area contributed by atoms with E-state index in [1.165, 1.54) is 21.9 Å². The Labute approximate surface area is 230 Å². The first-order valence-electron chi connectivity index (χ1n) is 11.6. The van der Waals surface area contributed by atoms with Crippen molar-refractivity contribution in [3.05, 3.63) is 119 Å². The molecule has 1 amide bonds. The summed E-state index contributed by atoms with van der Waals surface area (Å²) in [5.74, 6) is 1.15. The predicted octanol–water partition coefficient (Wildman–Crippen LogP) is 7.57. The first-order chi connectivity index (χ1) is 18.2. The topological polar surface area (TPSA) is 75.7 Å². The van der Waals surface area contributed by atoms with Gasteiger partial charge in [0.05, 0.1) is 23.4 Å². The smallest absolute Gasteiger partial charge is 0.265 e. The van der Waals surface area contributed by atoms with Gasteiger partial charge in [0.2, 0.25) is 10.0 Å². The van der Waals surface area contributed by atoms with Gasteiger partial charge in [0.25, 0.3) is 5.91 Å². The molecule has 192 valence electrons. The van der Waals surface area contributed by atoms with Crippen molar-refractivity contribution in [1.29, 1.82) is 0 Å². The number of ether oxygens (including phenoxy) is 1. The van der Waals surface area contributed by atoms with E-state index < -0.39 is 10.0 Å². The van der Waals surface area contributed by atoms with Gasteiger partial charge < -0.3 is 10.1 Å². The standard InChI is InChI=1S/C29H23ClN2O4S2/c1-38(34,35)32(19-20-7-9-22(30)10-8-20)24-13-16-27-21(17-24)18-28(37-27)29(33)31-23-11-14-26(15-12-23)36-25-5-3-2-4-6-25/h2-18H,19H2,1H3,(H,31,33). The minimum atomic E-state index is -3.55. The summed E-state index contributed by atoms with van der Waals surface area (Å²) >= 11 is 7.31. The van der Waals surface area contributed by atoms with Crippen LogP contribution in [-0.2, 0) is 16.6 Å². The van der Waals surface area contributed by atoms with Crippen LogP contribution in [0.3, 0.4) is 0 Å². The Bertz CT molecular complexity index is 1680. The van der Waals surface area contributed by atoms with Gasteiger partial charge in [0, 0.05) is 15.4 Å². The third-order valence-electron chi connectivity index (χ3n) is 5.74. The van der Waals surface area contributed by atoms with Crippen molar-refractivity contribution in [2.24, 2.45) is 0 Å². The number of para-hydroxylation sites is 1. The zero-order valence-corrected chi connectivity index (χ0v) is 22.7. The maximum absolute atomic E-state index is 13.0. The lowest BCUT2D eigenvalue weighted by Crippen LogP contribution is -2.29. The van der Waals surface area contributed by atoms with Crippen molar-refractivity contribution in [3.8, 4) is 11.5 Å². The Morgan fingerprint density at radius 3 is 2.26 bits per heavy atom. The fourth-order valence-corrected chi connectivity index (χ4v) is 5.82. The second-order valence-electron chi connectivity index (χ2n) is 8.62. The lowest BCUT2D eigenvalue weighted by Gasteiger charge is -2.22. The number of fused-ring (bicyclic) bond motifs is 1. The number of carbonyl (C=O) groups is 1. The lowest BCUT2D eigenvalue weighted by molar-refractivity contribution is 0.103. The van der Waals surface area contributed by atoms with Crippen LogP contribution in [0.2, 0.25) is 5.02 Å². The second-order valence-corrected chi connectivity index (χ2v) is 12.0. The van der Waals surface area contributed by atoms with E-state index in [9.17, 15) is 13.2 Å². The maximum Gasteiger partial charge on any atom is 0.265 e. The molecule has 0 aliphatic heterocycles. The van der Waals surface area contributed by atoms with E-state index in [-0.39, 0.29) is 12.5 Å². The van der Waals surface area contributed by atoms with Gasteiger partial charge in [-0.3, -0.25) is 9.10 Å². The molecule has 0 bridgehead atoms. The number of carbonyl (C=O) groups excluding carboxylic acids is 1. The molecule has 1 N–H and O–H groups in total. The molecule has 1 aromatic heterocycles. The largest absolute Gasteiger partial charge is 0.457 e. The molecule has 0 aliphatic carbocycles. The minimum absolute atomic E-state index is 0.170. The van der Waals surface area contributed by atoms with E-state index in [2.05, 4.69) is 5.32 Å². The van der Waals surface area contributed by atoms with Gasteiger partial charge in [-0.25, -0.2) is 8.42 Å². The molecule has 0 aliphatic rings. The van der Waals surface area contributed by atoms with Crippen molar-refractivity contribution in [2.45, 2.75) is 6.54 Å². The molecule has 0 fully saturated rings. The van der Waals surface area contributed by atoms with Crippen molar-refractivity contribution < 1.29 is 17.9 Å². The van der Waals surface area contributed by atoms with Gasteiger partial charge >= 0.3 is 0 Å². The summed E-state index contributed by atoms with van der Waals surface area (Å²) in [6, 6.07) is 30.8. The average Bonchev–Trinajstić information content (AvgIpc) is 3.33. The minimum Gasteiger partial charge on any atom is -0.457 e. The van der Waals surface area contributed by atoms with E-state index >= 15 is 0 Å². The van der Waals surface area contributed by atoms with Crippen LogP contribution in [0.15, 0.2) is 103 Å². The molecule has 0 atom stereocenters. The predicted molar refractivity (Wildman–Crippen MR) is 155 cm³/mol. The van der Waals surface area contributed by atoms with Gasteiger partial charge in [-0.05, 0) is 83.7 Å². The number of nitrogens with one attached hydrogen (secondary N) is 1.